The van der Waals surface area contributed by atoms with Crippen molar-refractivity contribution in [3.63, 3.8) is 0 Å². The molecule has 0 aliphatic rings. The Labute approximate surface area is 412 Å². The molecule has 0 fully saturated rings. The van der Waals surface area contributed by atoms with Crippen molar-refractivity contribution in [3.8, 4) is 0 Å². The Hall–Kier alpha value is -1.59. The van der Waals surface area contributed by atoms with Crippen molar-refractivity contribution in [2.75, 3.05) is 13.2 Å². The van der Waals surface area contributed by atoms with Crippen LogP contribution in [-0.4, -0.2) is 37.2 Å². The largest absolute Gasteiger partial charge is 0.462 e. The molecule has 0 spiro atoms. The smallest absolute Gasteiger partial charge is 0.306 e. The van der Waals surface area contributed by atoms with Gasteiger partial charge in [0.15, 0.2) is 6.10 Å². The Morgan fingerprint density at radius 3 is 0.788 bits per heavy atom. The first-order valence-corrected chi connectivity index (χ1v) is 29.9. The summed E-state index contributed by atoms with van der Waals surface area (Å²) in [5.41, 5.74) is 0. The number of unbranched alkanes of at least 4 members (excludes halogenated alkanes) is 41. The van der Waals surface area contributed by atoms with Gasteiger partial charge in [0.05, 0.1) is 0 Å². The number of rotatable bonds is 55. The second kappa shape index (κ2) is 54.4. The monoisotopic (exact) mass is 933 g/mol. The van der Waals surface area contributed by atoms with Gasteiger partial charge in [-0.25, -0.2) is 0 Å². The van der Waals surface area contributed by atoms with Crippen LogP contribution in [0.5, 0.6) is 0 Å². The molecule has 392 valence electrons. The van der Waals surface area contributed by atoms with Gasteiger partial charge in [-0.2, -0.15) is 0 Å². The second-order valence-electron chi connectivity index (χ2n) is 20.9. The van der Waals surface area contributed by atoms with Gasteiger partial charge >= 0.3 is 17.9 Å². The molecule has 0 saturated heterocycles. The summed E-state index contributed by atoms with van der Waals surface area (Å²) < 4.78 is 16.9. The minimum atomic E-state index is -0.762. The first-order chi connectivity index (χ1) is 32.4. The molecule has 0 aliphatic carbocycles. The molecule has 0 rings (SSSR count). The van der Waals surface area contributed by atoms with Gasteiger partial charge in [-0.05, 0) is 25.2 Å². The van der Waals surface area contributed by atoms with E-state index in [1.54, 1.807) is 0 Å². The average molecular weight is 934 g/mol. The zero-order chi connectivity index (χ0) is 48.1. The van der Waals surface area contributed by atoms with Crippen LogP contribution in [-0.2, 0) is 28.6 Å². The van der Waals surface area contributed by atoms with E-state index in [1.165, 1.54) is 238 Å². The lowest BCUT2D eigenvalue weighted by molar-refractivity contribution is -0.167. The number of esters is 3. The number of hydrogen-bond acceptors (Lipinski definition) is 6. The van der Waals surface area contributed by atoms with Crippen molar-refractivity contribution in [1.82, 2.24) is 0 Å². The van der Waals surface area contributed by atoms with Crippen LogP contribution >= 0.6 is 0 Å². The van der Waals surface area contributed by atoms with Crippen molar-refractivity contribution in [2.24, 2.45) is 5.92 Å². The molecule has 0 amide bonds. The summed E-state index contributed by atoms with van der Waals surface area (Å²) in [6.45, 7) is 9.11. The maximum atomic E-state index is 12.9. The molecule has 0 radical (unpaired) electrons. The zero-order valence-electron chi connectivity index (χ0n) is 45.2. The summed E-state index contributed by atoms with van der Waals surface area (Å²) in [4.78, 5) is 38.2. The van der Waals surface area contributed by atoms with E-state index < -0.39 is 6.10 Å². The molecule has 0 N–H and O–H groups in total. The Balaban J connectivity index is 4.28. The summed E-state index contributed by atoms with van der Waals surface area (Å²) in [6, 6.07) is 0. The Morgan fingerprint density at radius 1 is 0.303 bits per heavy atom. The fourth-order valence-corrected chi connectivity index (χ4v) is 9.25. The van der Waals surface area contributed by atoms with Crippen LogP contribution in [0.15, 0.2) is 0 Å². The van der Waals surface area contributed by atoms with Crippen LogP contribution in [0, 0.1) is 5.92 Å². The molecule has 0 heterocycles. The molecule has 0 aromatic heterocycles. The molecule has 2 atom stereocenters. The minimum absolute atomic E-state index is 0.0616. The standard InChI is InChI=1S/C60H116O6/c1-5-8-10-12-14-16-18-20-21-22-23-29-33-37-41-45-49-53-60(63)66-57(54-64-58(61)51-47-43-39-35-31-26-19-17-15-13-11-9-6-2)55-65-59(62)52-48-44-40-36-32-28-25-24-27-30-34-38-42-46-50-56(4)7-3/h56-57H,5-55H2,1-4H3/t56?,57-/m0/s1. The molecule has 6 heteroatoms. The van der Waals surface area contributed by atoms with Gasteiger partial charge in [-0.1, -0.05) is 304 Å². The SMILES string of the molecule is CCCCCCCCCCCCCCCCCCCC(=O)O[C@@H](COC(=O)CCCCCCCCCCCCCCC)COC(=O)CCCCCCCCCCCCCCCCC(C)CC. The molecular formula is C60H116O6. The lowest BCUT2D eigenvalue weighted by Gasteiger charge is -2.18. The fourth-order valence-electron chi connectivity index (χ4n) is 9.25. The quantitative estimate of drug-likeness (QED) is 0.0343. The number of hydrogen-bond donors (Lipinski definition) is 0. The van der Waals surface area contributed by atoms with Gasteiger partial charge in [0, 0.05) is 19.3 Å². The molecule has 0 aliphatic heterocycles. The van der Waals surface area contributed by atoms with Gasteiger partial charge in [0.2, 0.25) is 0 Å². The summed E-state index contributed by atoms with van der Waals surface area (Å²) in [6.07, 6.45) is 59.4. The highest BCUT2D eigenvalue weighted by molar-refractivity contribution is 5.71. The normalized spacial score (nSPS) is 12.4. The van der Waals surface area contributed by atoms with E-state index in [2.05, 4.69) is 27.7 Å². The van der Waals surface area contributed by atoms with Crippen LogP contribution < -0.4 is 0 Å². The summed E-state index contributed by atoms with van der Waals surface area (Å²) in [7, 11) is 0. The molecule has 0 aromatic carbocycles. The predicted octanol–water partition coefficient (Wildman–Crippen LogP) is 19.8. The van der Waals surface area contributed by atoms with Crippen molar-refractivity contribution < 1.29 is 28.6 Å². The van der Waals surface area contributed by atoms with Crippen LogP contribution in [0.3, 0.4) is 0 Å². The third-order valence-corrected chi connectivity index (χ3v) is 14.2. The highest BCUT2D eigenvalue weighted by atomic mass is 16.6. The number of carbonyl (C=O) groups excluding carboxylic acids is 3. The summed E-state index contributed by atoms with van der Waals surface area (Å²) in [5.74, 6) is 0.0632. The fraction of sp³-hybridized carbons (Fsp3) is 0.950. The van der Waals surface area contributed by atoms with E-state index in [9.17, 15) is 14.4 Å². The molecule has 1 unspecified atom stereocenters. The van der Waals surface area contributed by atoms with Crippen molar-refractivity contribution >= 4 is 17.9 Å². The van der Waals surface area contributed by atoms with E-state index in [-0.39, 0.29) is 31.1 Å². The van der Waals surface area contributed by atoms with Crippen molar-refractivity contribution in [3.05, 3.63) is 0 Å². The van der Waals surface area contributed by atoms with Gasteiger partial charge in [0.1, 0.15) is 13.2 Å². The highest BCUT2D eigenvalue weighted by Gasteiger charge is 2.19. The maximum absolute atomic E-state index is 12.9. The predicted molar refractivity (Wildman–Crippen MR) is 284 cm³/mol. The van der Waals surface area contributed by atoms with E-state index in [4.69, 9.17) is 14.2 Å². The molecule has 66 heavy (non-hydrogen) atoms. The van der Waals surface area contributed by atoms with Crippen molar-refractivity contribution in [2.45, 2.75) is 348 Å². The Kier molecular flexibility index (Phi) is 53.0. The van der Waals surface area contributed by atoms with E-state index in [1.807, 2.05) is 0 Å². The Bertz CT molecular complexity index is 998. The topological polar surface area (TPSA) is 78.9 Å². The third kappa shape index (κ3) is 51.8. The maximum Gasteiger partial charge on any atom is 0.306 e. The van der Waals surface area contributed by atoms with Crippen LogP contribution in [0.25, 0.3) is 0 Å². The zero-order valence-corrected chi connectivity index (χ0v) is 45.2. The highest BCUT2D eigenvalue weighted by Crippen LogP contribution is 2.19. The van der Waals surface area contributed by atoms with Gasteiger partial charge in [-0.3, -0.25) is 14.4 Å². The molecule has 0 bridgehead atoms. The summed E-state index contributed by atoms with van der Waals surface area (Å²) in [5, 5.41) is 0. The lowest BCUT2D eigenvalue weighted by atomic mass is 9.99. The van der Waals surface area contributed by atoms with E-state index >= 15 is 0 Å². The molecule has 0 saturated carbocycles. The number of carbonyl (C=O) groups is 3. The first-order valence-electron chi connectivity index (χ1n) is 29.9. The lowest BCUT2D eigenvalue weighted by Crippen LogP contribution is -2.30. The van der Waals surface area contributed by atoms with Crippen molar-refractivity contribution in [1.29, 1.82) is 0 Å². The first kappa shape index (κ1) is 64.4. The van der Waals surface area contributed by atoms with E-state index in [0.29, 0.717) is 19.3 Å². The van der Waals surface area contributed by atoms with Gasteiger partial charge in [-0.15, -0.1) is 0 Å². The van der Waals surface area contributed by atoms with E-state index in [0.717, 1.165) is 63.7 Å². The van der Waals surface area contributed by atoms with Crippen LogP contribution in [0.4, 0.5) is 0 Å². The van der Waals surface area contributed by atoms with Gasteiger partial charge < -0.3 is 14.2 Å². The minimum Gasteiger partial charge on any atom is -0.462 e. The average Bonchev–Trinajstić information content (AvgIpc) is 3.32. The van der Waals surface area contributed by atoms with Crippen LogP contribution in [0.1, 0.15) is 342 Å². The molecule has 0 aromatic rings. The Morgan fingerprint density at radius 2 is 0.530 bits per heavy atom. The number of ether oxygens (including phenoxy) is 3. The molecule has 6 nitrogen and oxygen atoms in total. The third-order valence-electron chi connectivity index (χ3n) is 14.2. The van der Waals surface area contributed by atoms with Crippen LogP contribution in [0.2, 0.25) is 0 Å². The second-order valence-corrected chi connectivity index (χ2v) is 20.9. The van der Waals surface area contributed by atoms with Gasteiger partial charge in [0.25, 0.3) is 0 Å². The molecular weight excluding hydrogens is 817 g/mol. The summed E-state index contributed by atoms with van der Waals surface area (Å²) >= 11 is 0.